The Morgan fingerprint density at radius 3 is 2.76 bits per heavy atom. The first kappa shape index (κ1) is 10.9. The summed E-state index contributed by atoms with van der Waals surface area (Å²) in [7, 11) is 0. The van der Waals surface area contributed by atoms with Crippen LogP contribution in [0, 0.1) is 6.92 Å². The number of ether oxygens (including phenoxy) is 2. The van der Waals surface area contributed by atoms with Gasteiger partial charge in [0.25, 0.3) is 0 Å². The van der Waals surface area contributed by atoms with Crippen LogP contribution in [-0.4, -0.2) is 36.3 Å². The highest BCUT2D eigenvalue weighted by Gasteiger charge is 2.28. The zero-order chi connectivity index (χ0) is 11.8. The van der Waals surface area contributed by atoms with Gasteiger partial charge in [-0.1, -0.05) is 0 Å². The third-order valence-electron chi connectivity index (χ3n) is 3.30. The standard InChI is InChI=1S/C12H17N3O2/c1-8-11-10(7-17-8)12(14-9(2)13-11)15-3-5-16-6-4-15/h8H,3-7H2,1-2H3. The fourth-order valence-corrected chi connectivity index (χ4v) is 2.40. The first-order valence-electron chi connectivity index (χ1n) is 6.07. The van der Waals surface area contributed by atoms with Crippen molar-refractivity contribution < 1.29 is 9.47 Å². The second-order valence-corrected chi connectivity index (χ2v) is 4.51. The maximum atomic E-state index is 5.65. The number of nitrogens with zero attached hydrogens (tertiary/aromatic N) is 3. The Hall–Kier alpha value is -1.20. The molecule has 3 heterocycles. The van der Waals surface area contributed by atoms with Crippen molar-refractivity contribution in [2.75, 3.05) is 31.2 Å². The van der Waals surface area contributed by atoms with Gasteiger partial charge in [0.15, 0.2) is 0 Å². The molecule has 1 unspecified atom stereocenters. The molecular weight excluding hydrogens is 218 g/mol. The number of fused-ring (bicyclic) bond motifs is 1. The molecule has 0 radical (unpaired) electrons. The third-order valence-corrected chi connectivity index (χ3v) is 3.30. The Morgan fingerprint density at radius 1 is 1.24 bits per heavy atom. The van der Waals surface area contributed by atoms with Crippen LogP contribution >= 0.6 is 0 Å². The van der Waals surface area contributed by atoms with Gasteiger partial charge in [0.2, 0.25) is 0 Å². The predicted molar refractivity (Wildman–Crippen MR) is 63.0 cm³/mol. The second kappa shape index (κ2) is 4.23. The summed E-state index contributed by atoms with van der Waals surface area (Å²) in [5.74, 6) is 1.86. The first-order chi connectivity index (χ1) is 8.25. The lowest BCUT2D eigenvalue weighted by atomic mass is 10.1. The van der Waals surface area contributed by atoms with Crippen molar-refractivity contribution in [1.82, 2.24) is 9.97 Å². The molecule has 2 aliphatic heterocycles. The summed E-state index contributed by atoms with van der Waals surface area (Å²) in [6, 6.07) is 0. The Morgan fingerprint density at radius 2 is 2.00 bits per heavy atom. The van der Waals surface area contributed by atoms with Gasteiger partial charge in [-0.05, 0) is 13.8 Å². The van der Waals surface area contributed by atoms with Gasteiger partial charge in [0.1, 0.15) is 11.6 Å². The van der Waals surface area contributed by atoms with Crippen molar-refractivity contribution in [3.63, 3.8) is 0 Å². The quantitative estimate of drug-likeness (QED) is 0.732. The van der Waals surface area contributed by atoms with Crippen LogP contribution in [0.1, 0.15) is 30.1 Å². The van der Waals surface area contributed by atoms with Crippen molar-refractivity contribution in [3.8, 4) is 0 Å². The summed E-state index contributed by atoms with van der Waals surface area (Å²) >= 11 is 0. The van der Waals surface area contributed by atoms with E-state index in [0.29, 0.717) is 6.61 Å². The van der Waals surface area contributed by atoms with Crippen molar-refractivity contribution in [3.05, 3.63) is 17.1 Å². The monoisotopic (exact) mass is 235 g/mol. The van der Waals surface area contributed by atoms with Crippen LogP contribution in [0.4, 0.5) is 5.82 Å². The van der Waals surface area contributed by atoms with E-state index in [-0.39, 0.29) is 6.10 Å². The average Bonchev–Trinajstić information content (AvgIpc) is 2.72. The van der Waals surface area contributed by atoms with E-state index in [9.17, 15) is 0 Å². The van der Waals surface area contributed by atoms with Crippen LogP contribution in [0.25, 0.3) is 0 Å². The molecule has 5 nitrogen and oxygen atoms in total. The number of aryl methyl sites for hydroxylation is 1. The van der Waals surface area contributed by atoms with Gasteiger partial charge >= 0.3 is 0 Å². The molecule has 3 rings (SSSR count). The molecule has 92 valence electrons. The Kier molecular flexibility index (Phi) is 2.72. The van der Waals surface area contributed by atoms with E-state index in [1.54, 1.807) is 0 Å². The zero-order valence-corrected chi connectivity index (χ0v) is 10.3. The molecule has 1 atom stereocenters. The zero-order valence-electron chi connectivity index (χ0n) is 10.3. The highest BCUT2D eigenvalue weighted by Crippen LogP contribution is 2.34. The summed E-state index contributed by atoms with van der Waals surface area (Å²) in [5, 5.41) is 0. The number of rotatable bonds is 1. The van der Waals surface area contributed by atoms with E-state index >= 15 is 0 Å². The smallest absolute Gasteiger partial charge is 0.138 e. The highest BCUT2D eigenvalue weighted by atomic mass is 16.5. The topological polar surface area (TPSA) is 47.5 Å². The minimum absolute atomic E-state index is 0.0893. The van der Waals surface area contributed by atoms with Gasteiger partial charge in [-0.2, -0.15) is 0 Å². The minimum Gasteiger partial charge on any atom is -0.378 e. The van der Waals surface area contributed by atoms with E-state index < -0.39 is 0 Å². The van der Waals surface area contributed by atoms with Gasteiger partial charge in [0, 0.05) is 18.7 Å². The molecule has 5 heteroatoms. The Bertz CT molecular complexity index is 430. The van der Waals surface area contributed by atoms with Gasteiger partial charge in [-0.25, -0.2) is 9.97 Å². The lowest BCUT2D eigenvalue weighted by molar-refractivity contribution is 0.0777. The number of anilines is 1. The van der Waals surface area contributed by atoms with Crippen molar-refractivity contribution in [1.29, 1.82) is 0 Å². The number of aromatic nitrogens is 2. The lowest BCUT2D eigenvalue weighted by Crippen LogP contribution is -2.37. The van der Waals surface area contributed by atoms with Gasteiger partial charge in [-0.15, -0.1) is 0 Å². The summed E-state index contributed by atoms with van der Waals surface area (Å²) < 4.78 is 11.0. The normalized spacial score (nSPS) is 23.9. The minimum atomic E-state index is 0.0893. The van der Waals surface area contributed by atoms with E-state index in [1.165, 1.54) is 0 Å². The van der Waals surface area contributed by atoms with Crippen molar-refractivity contribution in [2.24, 2.45) is 0 Å². The van der Waals surface area contributed by atoms with Crippen molar-refractivity contribution >= 4 is 5.82 Å². The molecular formula is C12H17N3O2. The number of hydrogen-bond acceptors (Lipinski definition) is 5. The van der Waals surface area contributed by atoms with E-state index in [1.807, 2.05) is 13.8 Å². The molecule has 2 aliphatic rings. The summed E-state index contributed by atoms with van der Waals surface area (Å²) in [6.07, 6.45) is 0.0893. The summed E-state index contributed by atoms with van der Waals surface area (Å²) in [5.41, 5.74) is 2.21. The Labute approximate surface area is 101 Å². The maximum Gasteiger partial charge on any atom is 0.138 e. The van der Waals surface area contributed by atoms with E-state index in [0.717, 1.165) is 49.2 Å². The van der Waals surface area contributed by atoms with Gasteiger partial charge in [0.05, 0.1) is 31.6 Å². The SMILES string of the molecule is Cc1nc2c(c(N3CCOCC3)n1)COC2C. The molecule has 1 aromatic rings. The molecule has 17 heavy (non-hydrogen) atoms. The number of morpholine rings is 1. The highest BCUT2D eigenvalue weighted by molar-refractivity contribution is 5.51. The second-order valence-electron chi connectivity index (χ2n) is 4.51. The lowest BCUT2D eigenvalue weighted by Gasteiger charge is -2.29. The molecule has 0 aromatic carbocycles. The molecule has 0 spiro atoms. The van der Waals surface area contributed by atoms with Crippen LogP contribution in [0.15, 0.2) is 0 Å². The van der Waals surface area contributed by atoms with Crippen LogP contribution in [-0.2, 0) is 16.1 Å². The van der Waals surface area contributed by atoms with Gasteiger partial charge < -0.3 is 14.4 Å². The number of hydrogen-bond donors (Lipinski definition) is 0. The fourth-order valence-electron chi connectivity index (χ4n) is 2.40. The maximum absolute atomic E-state index is 5.65. The first-order valence-corrected chi connectivity index (χ1v) is 6.07. The van der Waals surface area contributed by atoms with Crippen LogP contribution in [0.5, 0.6) is 0 Å². The van der Waals surface area contributed by atoms with Crippen LogP contribution in [0.3, 0.4) is 0 Å². The van der Waals surface area contributed by atoms with Gasteiger partial charge in [-0.3, -0.25) is 0 Å². The summed E-state index contributed by atoms with van der Waals surface area (Å²) in [4.78, 5) is 11.4. The molecule has 1 saturated heterocycles. The van der Waals surface area contributed by atoms with Crippen LogP contribution < -0.4 is 4.90 Å². The molecule has 0 bridgehead atoms. The largest absolute Gasteiger partial charge is 0.378 e. The third kappa shape index (κ3) is 1.89. The average molecular weight is 235 g/mol. The Balaban J connectivity index is 2.01. The fraction of sp³-hybridized carbons (Fsp3) is 0.667. The molecule has 1 aromatic heterocycles. The molecule has 0 amide bonds. The van der Waals surface area contributed by atoms with E-state index in [4.69, 9.17) is 9.47 Å². The molecule has 0 N–H and O–H groups in total. The molecule has 0 aliphatic carbocycles. The van der Waals surface area contributed by atoms with Crippen LogP contribution in [0.2, 0.25) is 0 Å². The molecule has 0 saturated carbocycles. The van der Waals surface area contributed by atoms with Crippen molar-refractivity contribution in [2.45, 2.75) is 26.6 Å². The molecule has 1 fully saturated rings. The predicted octanol–water partition coefficient (Wildman–Crippen LogP) is 1.21. The van der Waals surface area contributed by atoms with E-state index in [2.05, 4.69) is 14.9 Å². The summed E-state index contributed by atoms with van der Waals surface area (Å²) in [6.45, 7) is 7.96.